The van der Waals surface area contributed by atoms with Gasteiger partial charge in [0.1, 0.15) is 5.82 Å². The van der Waals surface area contributed by atoms with Crippen LogP contribution in [0.2, 0.25) is 0 Å². The molecule has 1 aromatic carbocycles. The lowest BCUT2D eigenvalue weighted by Gasteiger charge is -2.02. The number of rotatable bonds is 4. The predicted molar refractivity (Wildman–Crippen MR) is 66.0 cm³/mol. The molecule has 0 radical (unpaired) electrons. The van der Waals surface area contributed by atoms with Gasteiger partial charge in [-0.2, -0.15) is 4.98 Å². The van der Waals surface area contributed by atoms with Gasteiger partial charge in [-0.15, -0.1) is 0 Å². The highest BCUT2D eigenvalue weighted by atomic mass is 19.1. The molecule has 7 nitrogen and oxygen atoms in total. The second-order valence-electron chi connectivity index (χ2n) is 4.74. The summed E-state index contributed by atoms with van der Waals surface area (Å²) in [4.78, 5) is 13.9. The summed E-state index contributed by atoms with van der Waals surface area (Å²) < 4.78 is 18.8. The van der Waals surface area contributed by atoms with Crippen LogP contribution in [0, 0.1) is 21.8 Å². The maximum absolute atomic E-state index is 13.8. The quantitative estimate of drug-likeness (QED) is 0.678. The largest absolute Gasteiger partial charge is 0.334 e. The van der Waals surface area contributed by atoms with E-state index in [-0.39, 0.29) is 23.2 Å². The van der Waals surface area contributed by atoms with Crippen molar-refractivity contribution in [3.63, 3.8) is 0 Å². The Morgan fingerprint density at radius 3 is 2.85 bits per heavy atom. The zero-order chi connectivity index (χ0) is 14.3. The third-order valence-corrected chi connectivity index (χ3v) is 3.26. The lowest BCUT2D eigenvalue weighted by Crippen LogP contribution is -2.13. The summed E-state index contributed by atoms with van der Waals surface area (Å²) in [5.41, 5.74) is 5.62. The van der Waals surface area contributed by atoms with Crippen LogP contribution in [0.25, 0.3) is 11.5 Å². The number of hydrogen-bond donors (Lipinski definition) is 1. The second-order valence-corrected chi connectivity index (χ2v) is 4.74. The highest BCUT2D eigenvalue weighted by molar-refractivity contribution is 5.56. The molecule has 1 aliphatic carbocycles. The highest BCUT2D eigenvalue weighted by Gasteiger charge is 2.33. The molecule has 1 atom stereocenters. The van der Waals surface area contributed by atoms with Crippen LogP contribution in [0.15, 0.2) is 22.7 Å². The monoisotopic (exact) mass is 278 g/mol. The molecule has 1 aliphatic rings. The fourth-order valence-corrected chi connectivity index (χ4v) is 1.94. The van der Waals surface area contributed by atoms with E-state index < -0.39 is 10.7 Å². The summed E-state index contributed by atoms with van der Waals surface area (Å²) in [6.45, 7) is 0. The first-order chi connectivity index (χ1) is 9.56. The predicted octanol–water partition coefficient (Wildman–Crippen LogP) is 2.19. The van der Waals surface area contributed by atoms with E-state index in [9.17, 15) is 14.5 Å². The highest BCUT2D eigenvalue weighted by Crippen LogP contribution is 2.39. The summed E-state index contributed by atoms with van der Waals surface area (Å²) in [6.07, 6.45) is 2.05. The number of nitrogens with zero attached hydrogens (tertiary/aromatic N) is 3. The molecule has 104 valence electrons. The number of nitrogens with two attached hydrogens (primary N) is 1. The van der Waals surface area contributed by atoms with Crippen molar-refractivity contribution in [3.05, 3.63) is 40.0 Å². The first-order valence-electron chi connectivity index (χ1n) is 6.10. The normalized spacial score (nSPS) is 16.1. The van der Waals surface area contributed by atoms with Gasteiger partial charge in [0.05, 0.1) is 22.6 Å². The lowest BCUT2D eigenvalue weighted by molar-refractivity contribution is -0.385. The van der Waals surface area contributed by atoms with Crippen LogP contribution in [0.1, 0.15) is 24.7 Å². The molecule has 1 aromatic heterocycles. The third-order valence-electron chi connectivity index (χ3n) is 3.26. The Balaban J connectivity index is 1.91. The van der Waals surface area contributed by atoms with Crippen molar-refractivity contribution >= 4 is 5.69 Å². The molecule has 20 heavy (non-hydrogen) atoms. The van der Waals surface area contributed by atoms with E-state index in [0.29, 0.717) is 11.7 Å². The average Bonchev–Trinajstić information content (AvgIpc) is 3.15. The molecule has 8 heteroatoms. The number of nitro groups is 1. The fourth-order valence-electron chi connectivity index (χ4n) is 1.94. The van der Waals surface area contributed by atoms with Crippen LogP contribution in [0.4, 0.5) is 10.1 Å². The summed E-state index contributed by atoms with van der Waals surface area (Å²) in [6, 6.07) is 2.94. The van der Waals surface area contributed by atoms with E-state index in [0.717, 1.165) is 18.9 Å². The zero-order valence-electron chi connectivity index (χ0n) is 10.3. The average molecular weight is 278 g/mol. The SMILES string of the molecule is NC(c1noc(-c2ccc([N+](=O)[O-])cc2F)n1)C1CC1. The number of halogens is 1. The molecule has 0 saturated heterocycles. The zero-order valence-corrected chi connectivity index (χ0v) is 10.3. The van der Waals surface area contributed by atoms with Crippen molar-refractivity contribution in [2.75, 3.05) is 0 Å². The molecule has 1 heterocycles. The van der Waals surface area contributed by atoms with E-state index in [2.05, 4.69) is 10.1 Å². The van der Waals surface area contributed by atoms with Crippen LogP contribution in [0.5, 0.6) is 0 Å². The van der Waals surface area contributed by atoms with Crippen molar-refractivity contribution in [2.24, 2.45) is 11.7 Å². The van der Waals surface area contributed by atoms with E-state index in [1.54, 1.807) is 0 Å². The van der Waals surface area contributed by atoms with Crippen molar-refractivity contribution in [2.45, 2.75) is 18.9 Å². The van der Waals surface area contributed by atoms with Crippen LogP contribution in [0.3, 0.4) is 0 Å². The maximum atomic E-state index is 13.8. The van der Waals surface area contributed by atoms with Gasteiger partial charge < -0.3 is 10.3 Å². The van der Waals surface area contributed by atoms with Gasteiger partial charge in [0.2, 0.25) is 0 Å². The molecular weight excluding hydrogens is 267 g/mol. The Morgan fingerprint density at radius 1 is 1.50 bits per heavy atom. The number of hydrogen-bond acceptors (Lipinski definition) is 6. The topological polar surface area (TPSA) is 108 Å². The van der Waals surface area contributed by atoms with Gasteiger partial charge in [-0.1, -0.05) is 5.16 Å². The molecule has 2 aromatic rings. The Morgan fingerprint density at radius 2 is 2.25 bits per heavy atom. The molecule has 1 unspecified atom stereocenters. The molecule has 0 amide bonds. The molecular formula is C12H11FN4O3. The number of benzene rings is 1. The van der Waals surface area contributed by atoms with Crippen LogP contribution >= 0.6 is 0 Å². The molecule has 1 saturated carbocycles. The number of nitro benzene ring substituents is 1. The molecule has 0 bridgehead atoms. The number of non-ortho nitro benzene ring substituents is 1. The molecule has 0 spiro atoms. The van der Waals surface area contributed by atoms with Gasteiger partial charge in [0, 0.05) is 6.07 Å². The van der Waals surface area contributed by atoms with Gasteiger partial charge in [-0.05, 0) is 24.8 Å². The molecule has 1 fully saturated rings. The first-order valence-corrected chi connectivity index (χ1v) is 6.10. The first kappa shape index (κ1) is 12.7. The van der Waals surface area contributed by atoms with Crippen molar-refractivity contribution < 1.29 is 13.8 Å². The smallest absolute Gasteiger partial charge is 0.272 e. The summed E-state index contributed by atoms with van der Waals surface area (Å²) in [5.74, 6) is -0.125. The Hall–Kier alpha value is -2.35. The Bertz CT molecular complexity index is 668. The Kier molecular flexibility index (Phi) is 2.94. The van der Waals surface area contributed by atoms with Crippen molar-refractivity contribution in [1.29, 1.82) is 0 Å². The second kappa shape index (κ2) is 4.64. The summed E-state index contributed by atoms with van der Waals surface area (Å²) in [7, 11) is 0. The van der Waals surface area contributed by atoms with E-state index in [4.69, 9.17) is 10.3 Å². The van der Waals surface area contributed by atoms with Gasteiger partial charge in [-0.3, -0.25) is 10.1 Å². The van der Waals surface area contributed by atoms with Gasteiger partial charge in [-0.25, -0.2) is 4.39 Å². The minimum absolute atomic E-state index is 0.0245. The van der Waals surface area contributed by atoms with Crippen LogP contribution in [-0.4, -0.2) is 15.1 Å². The van der Waals surface area contributed by atoms with E-state index >= 15 is 0 Å². The van der Waals surface area contributed by atoms with Crippen molar-refractivity contribution in [3.8, 4) is 11.5 Å². The molecule has 2 N–H and O–H groups in total. The van der Waals surface area contributed by atoms with E-state index in [1.165, 1.54) is 12.1 Å². The van der Waals surface area contributed by atoms with Crippen LogP contribution < -0.4 is 5.73 Å². The Labute approximate surface area is 112 Å². The third kappa shape index (κ3) is 2.25. The molecule has 0 aliphatic heterocycles. The van der Waals surface area contributed by atoms with Gasteiger partial charge >= 0.3 is 0 Å². The maximum Gasteiger partial charge on any atom is 0.272 e. The van der Waals surface area contributed by atoms with Crippen molar-refractivity contribution in [1.82, 2.24) is 10.1 Å². The fraction of sp³-hybridized carbons (Fsp3) is 0.333. The molecule has 3 rings (SSSR count). The minimum atomic E-state index is -0.783. The lowest BCUT2D eigenvalue weighted by atomic mass is 10.2. The standard InChI is InChI=1S/C12H11FN4O3/c13-9-5-7(17(18)19)3-4-8(9)12-15-11(16-20-12)10(14)6-1-2-6/h3-6,10H,1-2,14H2. The van der Waals surface area contributed by atoms with Gasteiger partial charge in [0.25, 0.3) is 11.6 Å². The number of aromatic nitrogens is 2. The summed E-state index contributed by atoms with van der Waals surface area (Å²) in [5, 5.41) is 14.3. The minimum Gasteiger partial charge on any atom is -0.334 e. The summed E-state index contributed by atoms with van der Waals surface area (Å²) >= 11 is 0. The van der Waals surface area contributed by atoms with E-state index in [1.807, 2.05) is 0 Å². The van der Waals surface area contributed by atoms with Gasteiger partial charge in [0.15, 0.2) is 5.82 Å². The van der Waals surface area contributed by atoms with Crippen LogP contribution in [-0.2, 0) is 0 Å².